The predicted octanol–water partition coefficient (Wildman–Crippen LogP) is 15.6. The molecule has 94 heavy (non-hydrogen) atoms. The van der Waals surface area contributed by atoms with Gasteiger partial charge in [0.15, 0.2) is 11.6 Å². The van der Waals surface area contributed by atoms with Crippen LogP contribution >= 0.6 is 47.2 Å². The van der Waals surface area contributed by atoms with Crippen LogP contribution in [0.1, 0.15) is 172 Å². The first kappa shape index (κ1) is 75.0. The summed E-state index contributed by atoms with van der Waals surface area (Å²) in [5, 5.41) is 16.0. The van der Waals surface area contributed by atoms with E-state index in [9.17, 15) is 51.8 Å². The third-order valence-electron chi connectivity index (χ3n) is 18.8. The number of ether oxygens (including phenoxy) is 2. The molecule has 1 unspecified atom stereocenters. The number of ketones is 2. The van der Waals surface area contributed by atoms with Crippen LogP contribution in [0.4, 0.5) is 22.8 Å². The molecule has 3 heterocycles. The zero-order chi connectivity index (χ0) is 67.6. The summed E-state index contributed by atoms with van der Waals surface area (Å²) >= 11 is 17.2. The molecule has 0 bridgehead atoms. The number of nitrogens with one attached hydrogen (secondary N) is 2. The average Bonchev–Trinajstić information content (AvgIpc) is 1.64. The van der Waals surface area contributed by atoms with Gasteiger partial charge in [-0.15, -0.1) is 12.4 Å². The number of rotatable bonds is 12. The van der Waals surface area contributed by atoms with E-state index in [1.165, 1.54) is 30.0 Å². The van der Waals surface area contributed by atoms with Crippen LogP contribution in [0.15, 0.2) is 85.1 Å². The lowest BCUT2D eigenvalue weighted by atomic mass is 9.76. The number of para-hydroxylation sites is 1. The molecule has 5 N–H and O–H groups in total. The van der Waals surface area contributed by atoms with Gasteiger partial charge in [-0.3, -0.25) is 29.0 Å². The van der Waals surface area contributed by atoms with Gasteiger partial charge in [0.25, 0.3) is 0 Å². The minimum absolute atomic E-state index is 0. The first-order valence-corrected chi connectivity index (χ1v) is 33.6. The number of carbonyl (C=O) groups excluding carboxylic acids is 6. The van der Waals surface area contributed by atoms with E-state index >= 15 is 0 Å². The van der Waals surface area contributed by atoms with Gasteiger partial charge >= 0.3 is 18.2 Å². The van der Waals surface area contributed by atoms with Gasteiger partial charge < -0.3 is 35.5 Å². The van der Waals surface area contributed by atoms with Crippen LogP contribution in [0.5, 0.6) is 0 Å². The minimum atomic E-state index is -0.916. The molecule has 4 aliphatic carbocycles. The Morgan fingerprint density at radius 2 is 1.03 bits per heavy atom. The first-order valence-electron chi connectivity index (χ1n) is 32.5. The fraction of sp³-hybridized carbons (Fsp3) is 0.535. The SMILES string of the molecule is CC(=O)c1cn(CC(=O)C2[C@H]3CCCC[C@H]3C[C@H]2C(=O)NCc2cccc(Cl)c2F)c2ccccc12.CC(C)(C)OC(=O)N1[C@H](C(=O)NCc2cccc(Cl)c2F)C[C@@H]2CCCC[C@@H]21.CC(C)(C)OC(=O)N1[C@H](C(=O)O)C[C@@H]2CCCC[C@@H]21.Cl.NCc1cccc(Cl)c1F. The van der Waals surface area contributed by atoms with Crippen molar-refractivity contribution >= 4 is 99.6 Å². The van der Waals surface area contributed by atoms with Gasteiger partial charge in [0.1, 0.15) is 40.7 Å². The summed E-state index contributed by atoms with van der Waals surface area (Å²) in [5.74, 6) is -2.58. The Morgan fingerprint density at radius 1 is 0.585 bits per heavy atom. The van der Waals surface area contributed by atoms with Crippen LogP contribution in [0.2, 0.25) is 15.1 Å². The maximum absolute atomic E-state index is 14.3. The Morgan fingerprint density at radius 3 is 1.52 bits per heavy atom. The number of aliphatic carboxylic acids is 1. The zero-order valence-corrected chi connectivity index (χ0v) is 57.6. The number of Topliss-reactive ketones (excluding diaryl/α,β-unsaturated/α-hetero) is 2. The van der Waals surface area contributed by atoms with E-state index in [-0.39, 0.29) is 101 Å². The molecule has 23 heteroatoms. The van der Waals surface area contributed by atoms with E-state index in [2.05, 4.69) is 10.6 Å². The van der Waals surface area contributed by atoms with E-state index in [1.54, 1.807) is 68.3 Å². The Labute approximate surface area is 570 Å². The maximum atomic E-state index is 14.3. The average molecular weight is 1390 g/mol. The Balaban J connectivity index is 0.000000191. The minimum Gasteiger partial charge on any atom is -0.480 e. The summed E-state index contributed by atoms with van der Waals surface area (Å²) < 4.78 is 54.0. The number of nitrogens with zero attached hydrogens (tertiary/aromatic N) is 3. The Bertz CT molecular complexity index is 3520. The van der Waals surface area contributed by atoms with Gasteiger partial charge in [0.05, 0.1) is 21.6 Å². The fourth-order valence-corrected chi connectivity index (χ4v) is 15.2. The molecule has 4 saturated carbocycles. The summed E-state index contributed by atoms with van der Waals surface area (Å²) in [6.07, 6.45) is 15.0. The molecule has 512 valence electrons. The molecule has 0 radical (unpaired) electrons. The molecule has 10 atom stereocenters. The summed E-state index contributed by atoms with van der Waals surface area (Å²) in [5.41, 5.74) is 6.53. The number of benzene rings is 4. The largest absolute Gasteiger partial charge is 0.480 e. The van der Waals surface area contributed by atoms with Gasteiger partial charge in [0.2, 0.25) is 11.8 Å². The number of carboxylic acids is 1. The number of hydrogen-bond acceptors (Lipinski definition) is 10. The lowest BCUT2D eigenvalue weighted by Crippen LogP contribution is -2.51. The van der Waals surface area contributed by atoms with Crippen molar-refractivity contribution in [3.63, 3.8) is 0 Å². The van der Waals surface area contributed by atoms with E-state index in [0.29, 0.717) is 59.3 Å². The van der Waals surface area contributed by atoms with E-state index in [1.807, 2.05) is 49.6 Å². The van der Waals surface area contributed by atoms with Crippen LogP contribution in [-0.4, -0.2) is 96.4 Å². The van der Waals surface area contributed by atoms with Crippen molar-refractivity contribution in [2.45, 2.75) is 206 Å². The number of aromatic nitrogens is 1. The number of carboxylic acid groups (broad SMARTS) is 1. The second-order valence-electron chi connectivity index (χ2n) is 27.4. The smallest absolute Gasteiger partial charge is 0.411 e. The molecule has 11 rings (SSSR count). The van der Waals surface area contributed by atoms with Gasteiger partial charge in [-0.1, -0.05) is 134 Å². The van der Waals surface area contributed by atoms with Crippen molar-refractivity contribution in [3.05, 3.63) is 140 Å². The normalized spacial score (nSPS) is 23.6. The van der Waals surface area contributed by atoms with Crippen LogP contribution in [-0.2, 0) is 54.8 Å². The molecule has 6 aliphatic rings. The highest BCUT2D eigenvalue weighted by Gasteiger charge is 2.52. The van der Waals surface area contributed by atoms with Crippen molar-refractivity contribution < 1.29 is 61.3 Å². The molecule has 0 spiro atoms. The molecule has 5 aromatic rings. The molecule has 4 amide bonds. The van der Waals surface area contributed by atoms with Gasteiger partial charge in [-0.2, -0.15) is 0 Å². The van der Waals surface area contributed by atoms with Crippen LogP contribution in [0, 0.1) is 53.0 Å². The molecule has 16 nitrogen and oxygen atoms in total. The quantitative estimate of drug-likeness (QED) is 0.0861. The summed E-state index contributed by atoms with van der Waals surface area (Å²) in [7, 11) is 0. The molecule has 1 aromatic heterocycles. The number of carbonyl (C=O) groups is 7. The highest BCUT2D eigenvalue weighted by Crippen LogP contribution is 2.50. The second kappa shape index (κ2) is 33.0. The first-order chi connectivity index (χ1) is 44.1. The van der Waals surface area contributed by atoms with Gasteiger partial charge in [-0.25, -0.2) is 27.6 Å². The summed E-state index contributed by atoms with van der Waals surface area (Å²) in [6, 6.07) is 20.6. The molecule has 2 saturated heterocycles. The van der Waals surface area contributed by atoms with E-state index in [0.717, 1.165) is 88.0 Å². The highest BCUT2D eigenvalue weighted by molar-refractivity contribution is 6.31. The highest BCUT2D eigenvalue weighted by atomic mass is 35.5. The topological polar surface area (TPSA) is 220 Å². The maximum Gasteiger partial charge on any atom is 0.411 e. The van der Waals surface area contributed by atoms with Gasteiger partial charge in [-0.05, 0) is 148 Å². The third kappa shape index (κ3) is 18.6. The lowest BCUT2D eigenvalue weighted by molar-refractivity contribution is -0.142. The van der Waals surface area contributed by atoms with Crippen molar-refractivity contribution in [2.75, 3.05) is 0 Å². The van der Waals surface area contributed by atoms with Crippen molar-refractivity contribution in [1.29, 1.82) is 0 Å². The Hall–Kier alpha value is -6.38. The van der Waals surface area contributed by atoms with Crippen molar-refractivity contribution in [3.8, 4) is 0 Å². The van der Waals surface area contributed by atoms with Crippen LogP contribution in [0.25, 0.3) is 10.9 Å². The number of likely N-dealkylation sites (tertiary alicyclic amines) is 2. The summed E-state index contributed by atoms with van der Waals surface area (Å²) in [6.45, 7) is 12.7. The lowest BCUT2D eigenvalue weighted by Gasteiger charge is -2.34. The zero-order valence-electron chi connectivity index (χ0n) is 54.5. The second-order valence-corrected chi connectivity index (χ2v) is 28.6. The number of nitrogens with two attached hydrogens (primary N) is 1. The van der Waals surface area contributed by atoms with Crippen molar-refractivity contribution in [2.24, 2.45) is 41.2 Å². The molecular formula is C71H89Cl4F3N6O10. The van der Waals surface area contributed by atoms with E-state index in [4.69, 9.17) is 50.0 Å². The third-order valence-corrected chi connectivity index (χ3v) is 19.7. The molecule has 4 aromatic carbocycles. The van der Waals surface area contributed by atoms with Gasteiger partial charge in [0, 0.05) is 82.9 Å². The number of halogens is 7. The number of fused-ring (bicyclic) bond motifs is 4. The van der Waals surface area contributed by atoms with Crippen LogP contribution in [0.3, 0.4) is 0 Å². The molecule has 6 fully saturated rings. The summed E-state index contributed by atoms with van der Waals surface area (Å²) in [4.78, 5) is 91.9. The van der Waals surface area contributed by atoms with Crippen molar-refractivity contribution in [1.82, 2.24) is 25.0 Å². The van der Waals surface area contributed by atoms with E-state index < -0.39 is 64.8 Å². The van der Waals surface area contributed by atoms with Crippen LogP contribution < -0.4 is 16.4 Å². The Kier molecular flexibility index (Phi) is 26.4. The standard InChI is InChI=1S/C29H30ClFN2O3.C21H28ClFN2O3.C14H23NO4.C7H7ClFN.ClH/c1-17(34)23-15-33(25-12-5-4-10-21(23)25)16-26(35)27-20-9-3-2-7-18(20)13-22(27)29(36)32-14-19-8-6-11-24(30)28(19)31;1-21(2,3)28-20(27)25-16-10-5-4-7-13(16)11-17(25)19(26)24-12-14-8-6-9-15(22)18(14)23;1-14(2,3)19-13(18)15-10-7-5-4-6-9(10)8-11(15)12(16)17;8-6-3-1-2-5(4-10)7(6)9;/h4-6,8,10-12,15,18,20,22,27H,2-3,7,9,13-14,16H2,1H3,(H,32,36);6,8-9,13,16-17H,4-5,7,10-12H2,1-3H3,(H,24,26);9-11H,4-8H2,1-3H3,(H,16,17);1-3H,4,10H2;1H/t18-,20-,22+,27?;13-,16-,17-;9-,10-,11-;;/m000../s1. The number of amides is 4. The monoisotopic (exact) mass is 1380 g/mol. The molecular weight excluding hydrogens is 1300 g/mol. The fourth-order valence-electron chi connectivity index (χ4n) is 14.7. The number of hydrogen-bond donors (Lipinski definition) is 4. The molecule has 2 aliphatic heterocycles. The predicted molar refractivity (Wildman–Crippen MR) is 359 cm³/mol.